The van der Waals surface area contributed by atoms with Crippen molar-refractivity contribution >= 4 is 26.9 Å². The molecule has 156 valence electrons. The fourth-order valence-corrected chi connectivity index (χ4v) is 4.40. The van der Waals surface area contributed by atoms with Crippen molar-refractivity contribution in [3.05, 3.63) is 60.3 Å². The van der Waals surface area contributed by atoms with Gasteiger partial charge in [-0.15, -0.1) is 0 Å². The lowest BCUT2D eigenvalue weighted by Crippen LogP contribution is -2.41. The van der Waals surface area contributed by atoms with E-state index in [9.17, 15) is 17.2 Å². The number of hydrogen-bond acceptors (Lipinski definition) is 6. The largest absolute Gasteiger partial charge is 0.351 e. The maximum Gasteiger partial charge on any atom is 0.235 e. The van der Waals surface area contributed by atoms with E-state index in [1.54, 1.807) is 18.2 Å². The molecule has 1 N–H and O–H groups in total. The minimum absolute atomic E-state index is 0.0242. The van der Waals surface area contributed by atoms with Crippen LogP contribution in [-0.4, -0.2) is 46.8 Å². The van der Waals surface area contributed by atoms with E-state index >= 15 is 0 Å². The van der Waals surface area contributed by atoms with Crippen LogP contribution in [-0.2, 0) is 10.0 Å². The molecule has 0 amide bonds. The number of halogens is 2. The lowest BCUT2D eigenvalue weighted by molar-refractivity contribution is 0.332. The van der Waals surface area contributed by atoms with Crippen molar-refractivity contribution in [2.75, 3.05) is 18.4 Å². The van der Waals surface area contributed by atoms with Crippen LogP contribution in [0.1, 0.15) is 12.8 Å². The number of benzene rings is 1. The second-order valence-corrected chi connectivity index (χ2v) is 8.83. The molecule has 1 saturated heterocycles. The fraction of sp³-hybridized carbons (Fsp3) is 0.250. The lowest BCUT2D eigenvalue weighted by atomic mass is 10.1. The summed E-state index contributed by atoms with van der Waals surface area (Å²) < 4.78 is 53.9. The number of pyridine rings is 1. The van der Waals surface area contributed by atoms with Gasteiger partial charge in [0.05, 0.1) is 6.20 Å². The number of nitrogens with zero attached hydrogens (tertiary/aromatic N) is 4. The summed E-state index contributed by atoms with van der Waals surface area (Å²) in [6.07, 6.45) is 3.61. The topological polar surface area (TPSA) is 88.1 Å². The summed E-state index contributed by atoms with van der Waals surface area (Å²) in [5, 5.41) is 4.59. The Labute approximate surface area is 172 Å². The smallest absolute Gasteiger partial charge is 0.235 e. The molecular formula is C20H19F2N5O2S. The number of anilines is 1. The molecule has 0 saturated carbocycles. The first-order valence-corrected chi connectivity index (χ1v) is 10.8. The Hall–Kier alpha value is -2.98. The van der Waals surface area contributed by atoms with E-state index in [2.05, 4.69) is 26.8 Å². The Morgan fingerprint density at radius 2 is 1.93 bits per heavy atom. The maximum atomic E-state index is 14.4. The van der Waals surface area contributed by atoms with Crippen LogP contribution in [0.4, 0.5) is 14.7 Å². The van der Waals surface area contributed by atoms with Crippen molar-refractivity contribution in [2.24, 2.45) is 0 Å². The molecule has 0 bridgehead atoms. The molecule has 4 rings (SSSR count). The second kappa shape index (κ2) is 8.04. The number of hydrogen-bond donors (Lipinski definition) is 1. The van der Waals surface area contributed by atoms with Crippen LogP contribution in [0, 0.1) is 11.6 Å². The summed E-state index contributed by atoms with van der Waals surface area (Å²) in [7, 11) is -3.44. The van der Waals surface area contributed by atoms with Gasteiger partial charge in [0.15, 0.2) is 5.82 Å². The number of fused-ring (bicyclic) bond motifs is 1. The monoisotopic (exact) mass is 431 g/mol. The predicted molar refractivity (Wildman–Crippen MR) is 110 cm³/mol. The van der Waals surface area contributed by atoms with Gasteiger partial charge in [0.2, 0.25) is 16.0 Å². The molecule has 3 heterocycles. The van der Waals surface area contributed by atoms with Crippen LogP contribution in [0.25, 0.3) is 22.2 Å². The number of aromatic nitrogens is 3. The van der Waals surface area contributed by atoms with E-state index in [0.717, 1.165) is 11.6 Å². The van der Waals surface area contributed by atoms with E-state index < -0.39 is 21.7 Å². The first-order chi connectivity index (χ1) is 14.4. The van der Waals surface area contributed by atoms with Crippen LogP contribution in [0.3, 0.4) is 0 Å². The first-order valence-electron chi connectivity index (χ1n) is 9.33. The molecule has 1 aliphatic heterocycles. The number of nitrogens with one attached hydrogen (secondary N) is 1. The van der Waals surface area contributed by atoms with Gasteiger partial charge in [-0.3, -0.25) is 4.98 Å². The van der Waals surface area contributed by atoms with Gasteiger partial charge >= 0.3 is 0 Å². The second-order valence-electron chi connectivity index (χ2n) is 6.95. The van der Waals surface area contributed by atoms with Crippen LogP contribution in [0.5, 0.6) is 0 Å². The van der Waals surface area contributed by atoms with Gasteiger partial charge < -0.3 is 5.32 Å². The molecule has 3 aromatic rings. The zero-order valence-corrected chi connectivity index (χ0v) is 16.7. The Balaban J connectivity index is 1.56. The molecule has 2 aromatic heterocycles. The normalized spacial score (nSPS) is 15.9. The van der Waals surface area contributed by atoms with Crippen LogP contribution >= 0.6 is 0 Å². The van der Waals surface area contributed by atoms with Crippen LogP contribution in [0.2, 0.25) is 0 Å². The molecule has 1 aromatic carbocycles. The zero-order chi connectivity index (χ0) is 21.3. The highest BCUT2D eigenvalue weighted by Gasteiger charge is 2.26. The summed E-state index contributed by atoms with van der Waals surface area (Å²) >= 11 is 0. The first kappa shape index (κ1) is 20.3. The quantitative estimate of drug-likeness (QED) is 0.667. The third-order valence-corrected chi connectivity index (χ3v) is 6.54. The van der Waals surface area contributed by atoms with E-state index in [-0.39, 0.29) is 28.8 Å². The van der Waals surface area contributed by atoms with Gasteiger partial charge in [-0.05, 0) is 31.0 Å². The average molecular weight is 431 g/mol. The lowest BCUT2D eigenvalue weighted by Gasteiger charge is -2.30. The van der Waals surface area contributed by atoms with E-state index in [1.807, 2.05) is 0 Å². The zero-order valence-electron chi connectivity index (χ0n) is 15.9. The van der Waals surface area contributed by atoms with Gasteiger partial charge in [-0.1, -0.05) is 12.6 Å². The third kappa shape index (κ3) is 4.01. The van der Waals surface area contributed by atoms with Crippen molar-refractivity contribution < 1.29 is 17.2 Å². The molecule has 0 unspecified atom stereocenters. The summed E-state index contributed by atoms with van der Waals surface area (Å²) in [5.41, 5.74) is 0.460. The van der Waals surface area contributed by atoms with Gasteiger partial charge in [0, 0.05) is 41.7 Å². The van der Waals surface area contributed by atoms with Gasteiger partial charge in [-0.25, -0.2) is 27.2 Å². The molecule has 30 heavy (non-hydrogen) atoms. The highest BCUT2D eigenvalue weighted by atomic mass is 32.2. The fourth-order valence-electron chi connectivity index (χ4n) is 3.47. The third-order valence-electron chi connectivity index (χ3n) is 5.03. The highest BCUT2D eigenvalue weighted by Crippen LogP contribution is 2.27. The molecule has 7 nitrogen and oxygen atoms in total. The molecule has 0 aliphatic carbocycles. The minimum atomic E-state index is -3.44. The number of piperidine rings is 1. The molecule has 1 aliphatic rings. The van der Waals surface area contributed by atoms with Crippen molar-refractivity contribution in [3.63, 3.8) is 0 Å². The SMILES string of the molecule is C=CS(=O)(=O)N1CCC(Nc2ncc(F)c(-c3cc(F)c4ncccc4c3)n2)CC1. The van der Waals surface area contributed by atoms with E-state index in [4.69, 9.17) is 0 Å². The molecule has 10 heteroatoms. The molecule has 0 atom stereocenters. The standard InChI is InChI=1S/C20H19F2N5O2S/c1-2-30(28,29)27-8-5-15(6-9-27)25-20-24-12-17(22)19(26-20)14-10-13-4-3-7-23-18(13)16(21)11-14/h2-4,7,10-12,15H,1,5-6,8-9H2,(H,24,25,26). The average Bonchev–Trinajstić information content (AvgIpc) is 2.75. The molecule has 0 spiro atoms. The number of rotatable bonds is 5. The van der Waals surface area contributed by atoms with Crippen molar-refractivity contribution in [2.45, 2.75) is 18.9 Å². The van der Waals surface area contributed by atoms with Crippen molar-refractivity contribution in [1.82, 2.24) is 19.3 Å². The minimum Gasteiger partial charge on any atom is -0.351 e. The Morgan fingerprint density at radius 3 is 2.67 bits per heavy atom. The predicted octanol–water partition coefficient (Wildman–Crippen LogP) is 3.32. The molecular weight excluding hydrogens is 412 g/mol. The van der Waals surface area contributed by atoms with Gasteiger partial charge in [0.1, 0.15) is 17.0 Å². The van der Waals surface area contributed by atoms with Crippen molar-refractivity contribution in [1.29, 1.82) is 0 Å². The van der Waals surface area contributed by atoms with Crippen LogP contribution in [0.15, 0.2) is 48.6 Å². The summed E-state index contributed by atoms with van der Waals surface area (Å²) in [5.74, 6) is -1.04. The van der Waals surface area contributed by atoms with Gasteiger partial charge in [0.25, 0.3) is 0 Å². The van der Waals surface area contributed by atoms with E-state index in [0.29, 0.717) is 31.3 Å². The van der Waals surface area contributed by atoms with Gasteiger partial charge in [-0.2, -0.15) is 4.31 Å². The van der Waals surface area contributed by atoms with Crippen molar-refractivity contribution in [3.8, 4) is 11.3 Å². The molecule has 1 fully saturated rings. The summed E-state index contributed by atoms with van der Waals surface area (Å²) in [4.78, 5) is 12.2. The maximum absolute atomic E-state index is 14.4. The van der Waals surface area contributed by atoms with E-state index in [1.165, 1.54) is 16.6 Å². The number of sulfonamides is 1. The molecule has 0 radical (unpaired) electrons. The van der Waals surface area contributed by atoms with Crippen LogP contribution < -0.4 is 5.32 Å². The summed E-state index contributed by atoms with van der Waals surface area (Å²) in [6.45, 7) is 4.01. The Bertz CT molecular complexity index is 1210. The highest BCUT2D eigenvalue weighted by molar-refractivity contribution is 7.92. The Kier molecular flexibility index (Phi) is 5.44. The summed E-state index contributed by atoms with van der Waals surface area (Å²) in [6, 6.07) is 6.12. The Morgan fingerprint density at radius 1 is 1.17 bits per heavy atom.